The molecule has 17 heavy (non-hydrogen) atoms. The number of nitrogens with zero attached hydrogens (tertiary/aromatic N) is 2. The number of carbonyl (C=O) groups excluding carboxylic acids is 1. The monoisotopic (exact) mass is 232 g/mol. The van der Waals surface area contributed by atoms with Gasteiger partial charge in [0.05, 0.1) is 0 Å². The number of rotatable bonds is 2. The normalized spacial score (nSPS) is 21.5. The van der Waals surface area contributed by atoms with Gasteiger partial charge in [-0.2, -0.15) is 0 Å². The van der Waals surface area contributed by atoms with Crippen LogP contribution in [0.25, 0.3) is 0 Å². The van der Waals surface area contributed by atoms with Crippen molar-refractivity contribution in [2.75, 3.05) is 19.6 Å². The molecule has 1 aromatic carbocycles. The molecular weight excluding hydrogens is 212 g/mol. The summed E-state index contributed by atoms with van der Waals surface area (Å²) in [7, 11) is 0. The Hall–Kier alpha value is -1.35. The van der Waals surface area contributed by atoms with E-state index in [1.807, 2.05) is 11.0 Å². The van der Waals surface area contributed by atoms with Crippen molar-refractivity contribution in [2.45, 2.75) is 26.4 Å². The summed E-state index contributed by atoms with van der Waals surface area (Å²) in [6.45, 7) is 7.50. The molecule has 1 aliphatic heterocycles. The highest BCUT2D eigenvalue weighted by Gasteiger charge is 2.24. The SMILES string of the molecule is CC(=O)N1CCN(Cc2ccccc2)C(C)C1. The van der Waals surface area contributed by atoms with Crippen LogP contribution < -0.4 is 0 Å². The lowest BCUT2D eigenvalue weighted by molar-refractivity contribution is -0.131. The molecule has 1 heterocycles. The molecule has 3 nitrogen and oxygen atoms in total. The molecule has 0 bridgehead atoms. The second-order valence-corrected chi connectivity index (χ2v) is 4.77. The van der Waals surface area contributed by atoms with E-state index in [1.54, 1.807) is 6.92 Å². The Balaban J connectivity index is 1.94. The van der Waals surface area contributed by atoms with E-state index in [-0.39, 0.29) is 5.91 Å². The van der Waals surface area contributed by atoms with Crippen molar-refractivity contribution >= 4 is 5.91 Å². The molecule has 1 fully saturated rings. The van der Waals surface area contributed by atoms with E-state index >= 15 is 0 Å². The van der Waals surface area contributed by atoms with Crippen molar-refractivity contribution in [2.24, 2.45) is 0 Å². The molecule has 2 rings (SSSR count). The van der Waals surface area contributed by atoms with Crippen LogP contribution in [0.2, 0.25) is 0 Å². The maximum atomic E-state index is 11.3. The summed E-state index contributed by atoms with van der Waals surface area (Å²) in [5.74, 6) is 0.191. The van der Waals surface area contributed by atoms with E-state index in [1.165, 1.54) is 5.56 Å². The van der Waals surface area contributed by atoms with Gasteiger partial charge in [0.1, 0.15) is 0 Å². The average molecular weight is 232 g/mol. The summed E-state index contributed by atoms with van der Waals surface area (Å²) in [6.07, 6.45) is 0. The quantitative estimate of drug-likeness (QED) is 0.775. The zero-order chi connectivity index (χ0) is 12.3. The average Bonchev–Trinajstić information content (AvgIpc) is 2.33. The third-order valence-corrected chi connectivity index (χ3v) is 3.44. The lowest BCUT2D eigenvalue weighted by Gasteiger charge is -2.39. The van der Waals surface area contributed by atoms with Crippen LogP contribution in [0.1, 0.15) is 19.4 Å². The summed E-state index contributed by atoms with van der Waals surface area (Å²) in [5, 5.41) is 0. The van der Waals surface area contributed by atoms with E-state index in [0.717, 1.165) is 26.2 Å². The molecule has 3 heteroatoms. The minimum Gasteiger partial charge on any atom is -0.340 e. The molecular formula is C14H20N2O. The van der Waals surface area contributed by atoms with E-state index < -0.39 is 0 Å². The maximum Gasteiger partial charge on any atom is 0.219 e. The first kappa shape index (κ1) is 12.1. The van der Waals surface area contributed by atoms with Crippen molar-refractivity contribution in [3.63, 3.8) is 0 Å². The van der Waals surface area contributed by atoms with E-state index in [4.69, 9.17) is 0 Å². The molecule has 0 saturated carbocycles. The van der Waals surface area contributed by atoms with Gasteiger partial charge in [0, 0.05) is 39.1 Å². The molecule has 1 saturated heterocycles. The van der Waals surface area contributed by atoms with Gasteiger partial charge < -0.3 is 4.90 Å². The minimum atomic E-state index is 0.191. The Morgan fingerprint density at radius 1 is 1.29 bits per heavy atom. The molecule has 1 unspecified atom stereocenters. The molecule has 0 radical (unpaired) electrons. The molecule has 1 aliphatic rings. The first-order chi connectivity index (χ1) is 8.16. The van der Waals surface area contributed by atoms with Crippen molar-refractivity contribution in [3.05, 3.63) is 35.9 Å². The number of benzene rings is 1. The van der Waals surface area contributed by atoms with Crippen LogP contribution >= 0.6 is 0 Å². The summed E-state index contributed by atoms with van der Waals surface area (Å²) in [6, 6.07) is 10.9. The van der Waals surface area contributed by atoms with Gasteiger partial charge in [-0.1, -0.05) is 30.3 Å². The Morgan fingerprint density at radius 2 is 2.00 bits per heavy atom. The van der Waals surface area contributed by atoms with Gasteiger partial charge in [-0.05, 0) is 12.5 Å². The number of amides is 1. The molecule has 0 aromatic heterocycles. The summed E-state index contributed by atoms with van der Waals surface area (Å²) >= 11 is 0. The second kappa shape index (κ2) is 5.32. The van der Waals surface area contributed by atoms with Gasteiger partial charge in [0.15, 0.2) is 0 Å². The molecule has 0 N–H and O–H groups in total. The lowest BCUT2D eigenvalue weighted by atomic mass is 10.1. The van der Waals surface area contributed by atoms with Gasteiger partial charge in [-0.25, -0.2) is 0 Å². The summed E-state index contributed by atoms with van der Waals surface area (Å²) < 4.78 is 0. The topological polar surface area (TPSA) is 23.6 Å². The van der Waals surface area contributed by atoms with Gasteiger partial charge in [-0.3, -0.25) is 9.69 Å². The second-order valence-electron chi connectivity index (χ2n) is 4.77. The third kappa shape index (κ3) is 3.07. The van der Waals surface area contributed by atoms with Crippen molar-refractivity contribution < 1.29 is 4.79 Å². The summed E-state index contributed by atoms with van der Waals surface area (Å²) in [4.78, 5) is 15.7. The standard InChI is InChI=1S/C14H20N2O/c1-12-10-16(13(2)17)9-8-15(12)11-14-6-4-3-5-7-14/h3-7,12H,8-11H2,1-2H3. The molecule has 1 atom stereocenters. The highest BCUT2D eigenvalue weighted by Crippen LogP contribution is 2.13. The van der Waals surface area contributed by atoms with Crippen molar-refractivity contribution in [1.82, 2.24) is 9.80 Å². The van der Waals surface area contributed by atoms with Crippen LogP contribution in [0.3, 0.4) is 0 Å². The first-order valence-corrected chi connectivity index (χ1v) is 6.20. The fourth-order valence-corrected chi connectivity index (χ4v) is 2.33. The Kier molecular flexibility index (Phi) is 3.79. The van der Waals surface area contributed by atoms with Crippen LogP contribution in [0, 0.1) is 0 Å². The number of carbonyl (C=O) groups is 1. The summed E-state index contributed by atoms with van der Waals surface area (Å²) in [5.41, 5.74) is 1.34. The Labute approximate surface area is 103 Å². The smallest absolute Gasteiger partial charge is 0.219 e. The number of piperazine rings is 1. The van der Waals surface area contributed by atoms with E-state index in [0.29, 0.717) is 6.04 Å². The van der Waals surface area contributed by atoms with E-state index in [2.05, 4.69) is 36.1 Å². The van der Waals surface area contributed by atoms with Crippen LogP contribution in [0.5, 0.6) is 0 Å². The lowest BCUT2D eigenvalue weighted by Crippen LogP contribution is -2.52. The largest absolute Gasteiger partial charge is 0.340 e. The van der Waals surface area contributed by atoms with Crippen LogP contribution in [0.4, 0.5) is 0 Å². The van der Waals surface area contributed by atoms with Gasteiger partial charge >= 0.3 is 0 Å². The van der Waals surface area contributed by atoms with Crippen LogP contribution in [-0.2, 0) is 11.3 Å². The maximum absolute atomic E-state index is 11.3. The molecule has 92 valence electrons. The Bertz CT molecular complexity index is 377. The van der Waals surface area contributed by atoms with Gasteiger partial charge in [0.2, 0.25) is 5.91 Å². The zero-order valence-corrected chi connectivity index (χ0v) is 10.6. The predicted molar refractivity (Wildman–Crippen MR) is 68.6 cm³/mol. The highest BCUT2D eigenvalue weighted by molar-refractivity contribution is 5.73. The minimum absolute atomic E-state index is 0.191. The molecule has 0 spiro atoms. The first-order valence-electron chi connectivity index (χ1n) is 6.20. The number of hydrogen-bond donors (Lipinski definition) is 0. The molecule has 0 aliphatic carbocycles. The van der Waals surface area contributed by atoms with Gasteiger partial charge in [-0.15, -0.1) is 0 Å². The van der Waals surface area contributed by atoms with Crippen LogP contribution in [-0.4, -0.2) is 41.4 Å². The fourth-order valence-electron chi connectivity index (χ4n) is 2.33. The molecule has 1 aromatic rings. The fraction of sp³-hybridized carbons (Fsp3) is 0.500. The predicted octanol–water partition coefficient (Wildman–Crippen LogP) is 1.74. The highest BCUT2D eigenvalue weighted by atomic mass is 16.2. The van der Waals surface area contributed by atoms with Gasteiger partial charge in [0.25, 0.3) is 0 Å². The molecule has 1 amide bonds. The van der Waals surface area contributed by atoms with E-state index in [9.17, 15) is 4.79 Å². The van der Waals surface area contributed by atoms with Crippen molar-refractivity contribution in [1.29, 1.82) is 0 Å². The van der Waals surface area contributed by atoms with Crippen LogP contribution in [0.15, 0.2) is 30.3 Å². The Morgan fingerprint density at radius 3 is 2.59 bits per heavy atom. The number of hydrogen-bond acceptors (Lipinski definition) is 2. The third-order valence-electron chi connectivity index (χ3n) is 3.44. The van der Waals surface area contributed by atoms with Crippen molar-refractivity contribution in [3.8, 4) is 0 Å². The zero-order valence-electron chi connectivity index (χ0n) is 10.6.